The number of benzene rings is 2. The van der Waals surface area contributed by atoms with E-state index in [1.165, 1.54) is 0 Å². The summed E-state index contributed by atoms with van der Waals surface area (Å²) in [6, 6.07) is 11.4. The van der Waals surface area contributed by atoms with Crippen molar-refractivity contribution in [2.45, 2.75) is 5.92 Å². The standard InChI is InChI=1S/C18H13BrN2O4/c1-22-13-3-2-9(4-12(13)19)17-10-5-15-16(24-8-23-15)6-14(10)25-18(21)11(17)7-20/h2-6,17H,8,21H2,1H3/t17-/m1/s1. The predicted octanol–water partition coefficient (Wildman–Crippen LogP) is 3.40. The molecule has 2 N–H and O–H groups in total. The van der Waals surface area contributed by atoms with Gasteiger partial charge in [0.2, 0.25) is 12.7 Å². The molecule has 7 heteroatoms. The van der Waals surface area contributed by atoms with Crippen LogP contribution in [0, 0.1) is 11.3 Å². The van der Waals surface area contributed by atoms with Gasteiger partial charge in [-0.3, -0.25) is 0 Å². The molecule has 4 rings (SSSR count). The lowest BCUT2D eigenvalue weighted by Crippen LogP contribution is -2.21. The van der Waals surface area contributed by atoms with Crippen LogP contribution >= 0.6 is 15.9 Å². The van der Waals surface area contributed by atoms with Crippen molar-refractivity contribution in [2.75, 3.05) is 13.9 Å². The van der Waals surface area contributed by atoms with Crippen molar-refractivity contribution in [1.29, 1.82) is 5.26 Å². The molecule has 0 aliphatic carbocycles. The highest BCUT2D eigenvalue weighted by Crippen LogP contribution is 2.48. The van der Waals surface area contributed by atoms with E-state index >= 15 is 0 Å². The van der Waals surface area contributed by atoms with E-state index in [0.717, 1.165) is 15.6 Å². The van der Waals surface area contributed by atoms with E-state index in [9.17, 15) is 5.26 Å². The van der Waals surface area contributed by atoms with E-state index < -0.39 is 0 Å². The quantitative estimate of drug-likeness (QED) is 0.830. The van der Waals surface area contributed by atoms with Crippen LogP contribution in [0.5, 0.6) is 23.0 Å². The van der Waals surface area contributed by atoms with E-state index in [1.807, 2.05) is 24.3 Å². The monoisotopic (exact) mass is 400 g/mol. The minimum Gasteiger partial charge on any atom is -0.496 e. The third-order valence-electron chi connectivity index (χ3n) is 4.22. The minimum atomic E-state index is -0.370. The molecule has 2 heterocycles. The number of halogens is 1. The predicted molar refractivity (Wildman–Crippen MR) is 92.6 cm³/mol. The van der Waals surface area contributed by atoms with Gasteiger partial charge in [-0.05, 0) is 39.7 Å². The van der Waals surface area contributed by atoms with Crippen LogP contribution in [-0.2, 0) is 0 Å². The second-order valence-electron chi connectivity index (χ2n) is 5.56. The molecule has 2 aliphatic heterocycles. The molecule has 2 aromatic carbocycles. The number of nitrogens with two attached hydrogens (primary N) is 1. The van der Waals surface area contributed by atoms with Gasteiger partial charge in [0.05, 0.1) is 17.5 Å². The van der Waals surface area contributed by atoms with Gasteiger partial charge in [-0.25, -0.2) is 0 Å². The Morgan fingerprint density at radius 3 is 2.64 bits per heavy atom. The van der Waals surface area contributed by atoms with Crippen molar-refractivity contribution in [3.8, 4) is 29.1 Å². The van der Waals surface area contributed by atoms with Crippen molar-refractivity contribution in [1.82, 2.24) is 0 Å². The Kier molecular flexibility index (Phi) is 3.70. The topological polar surface area (TPSA) is 86.7 Å². The van der Waals surface area contributed by atoms with Crippen LogP contribution in [0.1, 0.15) is 17.0 Å². The first-order chi connectivity index (χ1) is 12.1. The number of ether oxygens (including phenoxy) is 4. The highest BCUT2D eigenvalue weighted by Gasteiger charge is 2.33. The van der Waals surface area contributed by atoms with Crippen LogP contribution in [0.2, 0.25) is 0 Å². The van der Waals surface area contributed by atoms with Crippen LogP contribution in [-0.4, -0.2) is 13.9 Å². The average molecular weight is 401 g/mol. The van der Waals surface area contributed by atoms with Gasteiger partial charge in [-0.2, -0.15) is 5.26 Å². The summed E-state index contributed by atoms with van der Waals surface area (Å²) in [5.74, 6) is 2.20. The zero-order chi connectivity index (χ0) is 17.6. The number of methoxy groups -OCH3 is 1. The molecule has 0 fully saturated rings. The molecule has 0 bridgehead atoms. The van der Waals surface area contributed by atoms with Crippen molar-refractivity contribution in [3.05, 3.63) is 57.4 Å². The summed E-state index contributed by atoms with van der Waals surface area (Å²) in [4.78, 5) is 0. The van der Waals surface area contributed by atoms with Crippen LogP contribution in [0.15, 0.2) is 46.3 Å². The van der Waals surface area contributed by atoms with Gasteiger partial charge in [0.1, 0.15) is 23.1 Å². The van der Waals surface area contributed by atoms with Gasteiger partial charge < -0.3 is 24.7 Å². The molecule has 0 amide bonds. The largest absolute Gasteiger partial charge is 0.496 e. The second-order valence-corrected chi connectivity index (χ2v) is 6.42. The van der Waals surface area contributed by atoms with Crippen molar-refractivity contribution < 1.29 is 18.9 Å². The fraction of sp³-hybridized carbons (Fsp3) is 0.167. The van der Waals surface area contributed by atoms with Gasteiger partial charge in [0.25, 0.3) is 0 Å². The Balaban J connectivity index is 1.91. The maximum Gasteiger partial charge on any atom is 0.231 e. The molecule has 2 aromatic rings. The van der Waals surface area contributed by atoms with Crippen LogP contribution < -0.4 is 24.7 Å². The lowest BCUT2D eigenvalue weighted by Gasteiger charge is -2.27. The molecule has 1 atom stereocenters. The molecule has 0 spiro atoms. The SMILES string of the molecule is COc1ccc([C@H]2C(C#N)=C(N)Oc3cc4c(cc32)OCO4)cc1Br. The highest BCUT2D eigenvalue weighted by molar-refractivity contribution is 9.10. The van der Waals surface area contributed by atoms with Gasteiger partial charge in [-0.15, -0.1) is 0 Å². The summed E-state index contributed by atoms with van der Waals surface area (Å²) in [5.41, 5.74) is 8.03. The molecule has 2 aliphatic rings. The van der Waals surface area contributed by atoms with Crippen molar-refractivity contribution in [3.63, 3.8) is 0 Å². The number of fused-ring (bicyclic) bond motifs is 2. The third kappa shape index (κ3) is 2.46. The minimum absolute atomic E-state index is 0.0887. The first-order valence-electron chi connectivity index (χ1n) is 7.47. The normalized spacial score (nSPS) is 17.6. The molecule has 6 nitrogen and oxygen atoms in total. The molecular weight excluding hydrogens is 388 g/mol. The number of hydrogen-bond acceptors (Lipinski definition) is 6. The lowest BCUT2D eigenvalue weighted by molar-refractivity contribution is 0.174. The van der Waals surface area contributed by atoms with E-state index in [-0.39, 0.29) is 18.6 Å². The molecule has 25 heavy (non-hydrogen) atoms. The molecule has 126 valence electrons. The van der Waals surface area contributed by atoms with E-state index in [2.05, 4.69) is 22.0 Å². The van der Waals surface area contributed by atoms with Crippen LogP contribution in [0.4, 0.5) is 0 Å². The van der Waals surface area contributed by atoms with Crippen molar-refractivity contribution >= 4 is 15.9 Å². The first-order valence-corrected chi connectivity index (χ1v) is 8.26. The Hall–Kier alpha value is -2.85. The molecule has 0 saturated heterocycles. The molecule has 0 radical (unpaired) electrons. The highest BCUT2D eigenvalue weighted by atomic mass is 79.9. The van der Waals surface area contributed by atoms with Gasteiger partial charge in [-0.1, -0.05) is 6.07 Å². The Morgan fingerprint density at radius 1 is 1.20 bits per heavy atom. The van der Waals surface area contributed by atoms with Crippen LogP contribution in [0.3, 0.4) is 0 Å². The lowest BCUT2D eigenvalue weighted by atomic mass is 9.83. The fourth-order valence-corrected chi connectivity index (χ4v) is 3.61. The Morgan fingerprint density at radius 2 is 1.96 bits per heavy atom. The fourth-order valence-electron chi connectivity index (χ4n) is 3.05. The molecule has 0 saturated carbocycles. The van der Waals surface area contributed by atoms with Gasteiger partial charge >= 0.3 is 0 Å². The molecule has 0 aromatic heterocycles. The van der Waals surface area contributed by atoms with Crippen molar-refractivity contribution in [2.24, 2.45) is 5.73 Å². The van der Waals surface area contributed by atoms with Crippen LogP contribution in [0.25, 0.3) is 0 Å². The number of allylic oxidation sites excluding steroid dienone is 1. The summed E-state index contributed by atoms with van der Waals surface area (Å²) < 4.78 is 22.6. The van der Waals surface area contributed by atoms with E-state index in [4.69, 9.17) is 24.7 Å². The third-order valence-corrected chi connectivity index (χ3v) is 4.84. The summed E-state index contributed by atoms with van der Waals surface area (Å²) in [5, 5.41) is 9.62. The van der Waals surface area contributed by atoms with Gasteiger partial charge in [0.15, 0.2) is 11.5 Å². The van der Waals surface area contributed by atoms with E-state index in [0.29, 0.717) is 28.6 Å². The Bertz CT molecular complexity index is 949. The summed E-state index contributed by atoms with van der Waals surface area (Å²) >= 11 is 3.49. The van der Waals surface area contributed by atoms with Gasteiger partial charge in [0, 0.05) is 11.6 Å². The first kappa shape index (κ1) is 15.7. The molecular formula is C18H13BrN2O4. The summed E-state index contributed by atoms with van der Waals surface area (Å²) in [6.45, 7) is 0.158. The number of rotatable bonds is 2. The number of nitrogens with zero attached hydrogens (tertiary/aromatic N) is 1. The van der Waals surface area contributed by atoms with E-state index in [1.54, 1.807) is 13.2 Å². The zero-order valence-corrected chi connectivity index (χ0v) is 14.8. The average Bonchev–Trinajstić information content (AvgIpc) is 3.06. The molecule has 0 unspecified atom stereocenters. The maximum absolute atomic E-state index is 9.62. The summed E-state index contributed by atoms with van der Waals surface area (Å²) in [7, 11) is 1.60. The summed E-state index contributed by atoms with van der Waals surface area (Å²) in [6.07, 6.45) is 0. The smallest absolute Gasteiger partial charge is 0.231 e. The maximum atomic E-state index is 9.62. The Labute approximate surface area is 152 Å². The number of hydrogen-bond donors (Lipinski definition) is 1. The zero-order valence-electron chi connectivity index (χ0n) is 13.2. The second kappa shape index (κ2) is 5.90. The number of nitriles is 1.